The first-order valence-corrected chi connectivity index (χ1v) is 7.93. The molecule has 102 valence electrons. The molecule has 5 heteroatoms. The van der Waals surface area contributed by atoms with Gasteiger partial charge in [-0.3, -0.25) is 0 Å². The minimum atomic E-state index is -3.19. The minimum absolute atomic E-state index is 0.287. The van der Waals surface area contributed by atoms with Crippen molar-refractivity contribution < 1.29 is 17.9 Å². The largest absolute Gasteiger partial charge is 0.466 e. The standard InChI is InChI=1S/C14H16O4S/c1-18-14(15)13-5-3-4-12(13)10-6-8-11(9-7-10)19(2,16)17/h6-9H,3-5H2,1-2H3. The summed E-state index contributed by atoms with van der Waals surface area (Å²) in [7, 11) is -1.81. The fourth-order valence-electron chi connectivity index (χ4n) is 2.31. The van der Waals surface area contributed by atoms with Gasteiger partial charge in [-0.05, 0) is 42.5 Å². The van der Waals surface area contributed by atoms with Gasteiger partial charge in [0.05, 0.1) is 12.0 Å². The third-order valence-corrected chi connectivity index (χ3v) is 4.41. The van der Waals surface area contributed by atoms with E-state index in [0.29, 0.717) is 5.57 Å². The quantitative estimate of drug-likeness (QED) is 0.796. The third-order valence-electron chi connectivity index (χ3n) is 3.28. The lowest BCUT2D eigenvalue weighted by Gasteiger charge is -2.07. The molecule has 0 aromatic heterocycles. The molecule has 0 aliphatic heterocycles. The maximum atomic E-state index is 11.6. The number of allylic oxidation sites excluding steroid dienone is 1. The average Bonchev–Trinajstić information content (AvgIpc) is 2.86. The zero-order valence-electron chi connectivity index (χ0n) is 11.0. The van der Waals surface area contributed by atoms with E-state index in [9.17, 15) is 13.2 Å². The molecule has 0 atom stereocenters. The van der Waals surface area contributed by atoms with Crippen LogP contribution in [0.25, 0.3) is 5.57 Å². The second kappa shape index (κ2) is 5.17. The van der Waals surface area contributed by atoms with Crippen molar-refractivity contribution in [3.05, 3.63) is 35.4 Å². The molecule has 0 N–H and O–H groups in total. The summed E-state index contributed by atoms with van der Waals surface area (Å²) in [5, 5.41) is 0. The lowest BCUT2D eigenvalue weighted by molar-refractivity contribution is -0.136. The number of carbonyl (C=O) groups is 1. The summed E-state index contributed by atoms with van der Waals surface area (Å²) in [5.74, 6) is -0.292. The third kappa shape index (κ3) is 2.87. The molecule has 0 saturated carbocycles. The van der Waals surface area contributed by atoms with E-state index in [2.05, 4.69) is 0 Å². The first kappa shape index (κ1) is 13.8. The highest BCUT2D eigenvalue weighted by atomic mass is 32.2. The Morgan fingerprint density at radius 3 is 2.32 bits per heavy atom. The van der Waals surface area contributed by atoms with Crippen LogP contribution >= 0.6 is 0 Å². The molecule has 0 heterocycles. The number of esters is 1. The molecule has 1 aliphatic rings. The van der Waals surface area contributed by atoms with Crippen molar-refractivity contribution in [3.63, 3.8) is 0 Å². The van der Waals surface area contributed by atoms with Gasteiger partial charge in [-0.15, -0.1) is 0 Å². The fraction of sp³-hybridized carbons (Fsp3) is 0.357. The Hall–Kier alpha value is -1.62. The highest BCUT2D eigenvalue weighted by molar-refractivity contribution is 7.90. The summed E-state index contributed by atoms with van der Waals surface area (Å²) in [6.45, 7) is 0. The SMILES string of the molecule is COC(=O)C1=C(c2ccc(S(C)(=O)=O)cc2)CCC1. The molecule has 1 aromatic carbocycles. The van der Waals surface area contributed by atoms with Crippen LogP contribution in [0.4, 0.5) is 0 Å². The van der Waals surface area contributed by atoms with E-state index in [4.69, 9.17) is 4.74 Å². The number of hydrogen-bond donors (Lipinski definition) is 0. The molecule has 1 aromatic rings. The predicted octanol–water partition coefficient (Wildman–Crippen LogP) is 2.20. The number of sulfone groups is 1. The Bertz CT molecular complexity index is 624. The summed E-state index contributed by atoms with van der Waals surface area (Å²) in [5.41, 5.74) is 2.56. The van der Waals surface area contributed by atoms with Crippen molar-refractivity contribution in [3.8, 4) is 0 Å². The number of benzene rings is 1. The molecule has 2 rings (SSSR count). The Morgan fingerprint density at radius 2 is 1.79 bits per heavy atom. The highest BCUT2D eigenvalue weighted by Gasteiger charge is 2.22. The van der Waals surface area contributed by atoms with E-state index in [1.807, 2.05) is 0 Å². The Morgan fingerprint density at radius 1 is 1.16 bits per heavy atom. The number of ether oxygens (including phenoxy) is 1. The van der Waals surface area contributed by atoms with Gasteiger partial charge in [0.25, 0.3) is 0 Å². The van der Waals surface area contributed by atoms with Gasteiger partial charge in [-0.2, -0.15) is 0 Å². The smallest absolute Gasteiger partial charge is 0.334 e. The van der Waals surface area contributed by atoms with Crippen molar-refractivity contribution in [2.45, 2.75) is 24.2 Å². The van der Waals surface area contributed by atoms with Gasteiger partial charge >= 0.3 is 5.97 Å². The van der Waals surface area contributed by atoms with Gasteiger partial charge in [-0.1, -0.05) is 12.1 Å². The van der Waals surface area contributed by atoms with Crippen molar-refractivity contribution >= 4 is 21.4 Å². The first-order chi connectivity index (χ1) is 8.93. The van der Waals surface area contributed by atoms with E-state index in [-0.39, 0.29) is 10.9 Å². The van der Waals surface area contributed by atoms with Crippen LogP contribution in [0.5, 0.6) is 0 Å². The zero-order valence-corrected chi connectivity index (χ0v) is 11.8. The van der Waals surface area contributed by atoms with Crippen molar-refractivity contribution in [1.29, 1.82) is 0 Å². The molecule has 0 amide bonds. The van der Waals surface area contributed by atoms with Crippen LogP contribution in [-0.2, 0) is 19.4 Å². The van der Waals surface area contributed by atoms with Gasteiger partial charge in [0.2, 0.25) is 0 Å². The molecule has 0 unspecified atom stereocenters. The summed E-state index contributed by atoms with van der Waals surface area (Å²) >= 11 is 0. The van der Waals surface area contributed by atoms with E-state index in [0.717, 1.165) is 30.4 Å². The van der Waals surface area contributed by atoms with Crippen LogP contribution in [0.3, 0.4) is 0 Å². The van der Waals surface area contributed by atoms with Crippen molar-refractivity contribution in [2.75, 3.05) is 13.4 Å². The lowest BCUT2D eigenvalue weighted by Crippen LogP contribution is -2.04. The van der Waals surface area contributed by atoms with Crippen molar-refractivity contribution in [2.24, 2.45) is 0 Å². The van der Waals surface area contributed by atoms with Crippen LogP contribution in [-0.4, -0.2) is 27.8 Å². The number of hydrogen-bond acceptors (Lipinski definition) is 4. The Kier molecular flexibility index (Phi) is 3.75. The summed E-state index contributed by atoms with van der Waals surface area (Å²) < 4.78 is 27.6. The Balaban J connectivity index is 2.40. The maximum Gasteiger partial charge on any atom is 0.334 e. The van der Waals surface area contributed by atoms with Crippen LogP contribution in [0, 0.1) is 0 Å². The molecular formula is C14H16O4S. The van der Waals surface area contributed by atoms with Gasteiger partial charge in [0.15, 0.2) is 9.84 Å². The van der Waals surface area contributed by atoms with E-state index < -0.39 is 9.84 Å². The zero-order chi connectivity index (χ0) is 14.0. The van der Waals surface area contributed by atoms with Gasteiger partial charge in [0.1, 0.15) is 0 Å². The normalized spacial score (nSPS) is 15.7. The average molecular weight is 280 g/mol. The maximum absolute atomic E-state index is 11.6. The Labute approximate surface area is 113 Å². The molecule has 0 bridgehead atoms. The van der Waals surface area contributed by atoms with Gasteiger partial charge < -0.3 is 4.74 Å². The number of methoxy groups -OCH3 is 1. The highest BCUT2D eigenvalue weighted by Crippen LogP contribution is 2.34. The molecular weight excluding hydrogens is 264 g/mol. The fourth-order valence-corrected chi connectivity index (χ4v) is 2.94. The van der Waals surface area contributed by atoms with E-state index >= 15 is 0 Å². The molecule has 0 radical (unpaired) electrons. The molecule has 0 spiro atoms. The minimum Gasteiger partial charge on any atom is -0.466 e. The van der Waals surface area contributed by atoms with Crippen LogP contribution < -0.4 is 0 Å². The second-order valence-corrected chi connectivity index (χ2v) is 6.61. The van der Waals surface area contributed by atoms with E-state index in [1.165, 1.54) is 13.4 Å². The van der Waals surface area contributed by atoms with Crippen molar-refractivity contribution in [1.82, 2.24) is 0 Å². The topological polar surface area (TPSA) is 60.4 Å². The van der Waals surface area contributed by atoms with Gasteiger partial charge in [-0.25, -0.2) is 13.2 Å². The summed E-state index contributed by atoms with van der Waals surface area (Å²) in [4.78, 5) is 11.9. The molecule has 4 nitrogen and oxygen atoms in total. The molecule has 0 saturated heterocycles. The van der Waals surface area contributed by atoms with Crippen LogP contribution in [0.15, 0.2) is 34.7 Å². The molecule has 0 fully saturated rings. The van der Waals surface area contributed by atoms with Crippen LogP contribution in [0.2, 0.25) is 0 Å². The molecule has 1 aliphatic carbocycles. The first-order valence-electron chi connectivity index (χ1n) is 6.04. The monoisotopic (exact) mass is 280 g/mol. The predicted molar refractivity (Wildman–Crippen MR) is 72.3 cm³/mol. The lowest BCUT2D eigenvalue weighted by atomic mass is 10.0. The number of carbonyl (C=O) groups excluding carboxylic acids is 1. The second-order valence-electron chi connectivity index (χ2n) is 4.60. The van der Waals surface area contributed by atoms with Gasteiger partial charge in [0, 0.05) is 11.8 Å². The van der Waals surface area contributed by atoms with Crippen LogP contribution in [0.1, 0.15) is 24.8 Å². The molecule has 19 heavy (non-hydrogen) atoms. The number of rotatable bonds is 3. The van der Waals surface area contributed by atoms with E-state index in [1.54, 1.807) is 24.3 Å². The summed E-state index contributed by atoms with van der Waals surface area (Å²) in [6, 6.07) is 6.65. The summed E-state index contributed by atoms with van der Waals surface area (Å²) in [6.07, 6.45) is 3.64.